The fourth-order valence-corrected chi connectivity index (χ4v) is 1.25. The maximum absolute atomic E-state index is 11.5. The van der Waals surface area contributed by atoms with E-state index in [0.29, 0.717) is 11.3 Å². The van der Waals surface area contributed by atoms with Gasteiger partial charge in [-0.05, 0) is 0 Å². The molecule has 0 saturated heterocycles. The quantitative estimate of drug-likeness (QED) is 0.644. The van der Waals surface area contributed by atoms with Crippen LogP contribution in [-0.2, 0) is 12.5 Å². The molecule has 2 rings (SSSR count). The average Bonchev–Trinajstić information content (AvgIpc) is 2.62. The van der Waals surface area contributed by atoms with Crippen molar-refractivity contribution >= 4 is 17.2 Å². The minimum absolute atomic E-state index is 0.0437. The second kappa shape index (κ2) is 3.35. The molecule has 2 aromatic rings. The lowest BCUT2D eigenvalue weighted by molar-refractivity contribution is 0.592. The van der Waals surface area contributed by atoms with Crippen molar-refractivity contribution in [2.75, 3.05) is 0 Å². The van der Waals surface area contributed by atoms with Crippen LogP contribution in [-0.4, -0.2) is 24.4 Å². The second-order valence-electron chi connectivity index (χ2n) is 2.58. The molecule has 2 heterocycles. The molecule has 14 heavy (non-hydrogen) atoms. The Labute approximate surface area is 83.1 Å². The summed E-state index contributed by atoms with van der Waals surface area (Å²) in [5.41, 5.74) is 5.94. The van der Waals surface area contributed by atoms with Gasteiger partial charge in [0.15, 0.2) is 5.65 Å². The van der Waals surface area contributed by atoms with Gasteiger partial charge in [0.1, 0.15) is 18.0 Å². The van der Waals surface area contributed by atoms with Gasteiger partial charge in [0.05, 0.1) is 0 Å². The maximum atomic E-state index is 11.5. The standard InChI is InChI=1S/C6H7ClN6O/c7-2-13-6(14)12-3-9-4(1-8)5(12)10-11-13/h3H,1-2,8H2. The first-order valence-corrected chi connectivity index (χ1v) is 4.37. The van der Waals surface area contributed by atoms with Gasteiger partial charge in [-0.25, -0.2) is 14.2 Å². The number of hydrogen-bond donors (Lipinski definition) is 1. The van der Waals surface area contributed by atoms with E-state index in [2.05, 4.69) is 15.3 Å². The molecule has 7 nitrogen and oxygen atoms in total. The predicted octanol–water partition coefficient (Wildman–Crippen LogP) is -1.06. The van der Waals surface area contributed by atoms with Crippen LogP contribution in [0.4, 0.5) is 0 Å². The van der Waals surface area contributed by atoms with Crippen LogP contribution in [0, 0.1) is 0 Å². The predicted molar refractivity (Wildman–Crippen MR) is 48.8 cm³/mol. The molecule has 2 aromatic heterocycles. The van der Waals surface area contributed by atoms with Crippen LogP contribution in [0.25, 0.3) is 5.65 Å². The number of fused-ring (bicyclic) bond motifs is 1. The highest BCUT2D eigenvalue weighted by atomic mass is 35.5. The average molecular weight is 215 g/mol. The van der Waals surface area contributed by atoms with Gasteiger partial charge < -0.3 is 5.73 Å². The van der Waals surface area contributed by atoms with Crippen molar-refractivity contribution in [3.05, 3.63) is 22.5 Å². The molecule has 0 aliphatic rings. The SMILES string of the molecule is NCc1ncn2c(=O)n(CCl)nnc12. The number of hydrogen-bond acceptors (Lipinski definition) is 5. The molecule has 0 spiro atoms. The zero-order chi connectivity index (χ0) is 10.1. The van der Waals surface area contributed by atoms with E-state index in [1.165, 1.54) is 10.7 Å². The molecule has 0 fully saturated rings. The molecule has 0 unspecified atom stereocenters. The smallest absolute Gasteiger partial charge is 0.325 e. The van der Waals surface area contributed by atoms with Crippen molar-refractivity contribution in [3.8, 4) is 0 Å². The molecule has 0 bridgehead atoms. The number of alkyl halides is 1. The molecule has 0 aliphatic heterocycles. The summed E-state index contributed by atoms with van der Waals surface area (Å²) in [7, 11) is 0. The fourth-order valence-electron chi connectivity index (χ4n) is 1.10. The molecule has 8 heteroatoms. The lowest BCUT2D eigenvalue weighted by atomic mass is 10.5. The van der Waals surface area contributed by atoms with E-state index in [1.54, 1.807) is 0 Å². The molecular formula is C6H7ClN6O. The van der Waals surface area contributed by atoms with E-state index in [1.807, 2.05) is 0 Å². The van der Waals surface area contributed by atoms with Crippen molar-refractivity contribution in [1.82, 2.24) is 24.4 Å². The highest BCUT2D eigenvalue weighted by Gasteiger charge is 2.08. The van der Waals surface area contributed by atoms with Crippen LogP contribution in [0.2, 0.25) is 0 Å². The molecule has 2 N–H and O–H groups in total. The Balaban J connectivity index is 2.79. The van der Waals surface area contributed by atoms with E-state index in [0.717, 1.165) is 4.68 Å². The third-order valence-electron chi connectivity index (χ3n) is 1.80. The lowest BCUT2D eigenvalue weighted by Gasteiger charge is -1.97. The number of nitrogens with two attached hydrogens (primary N) is 1. The topological polar surface area (TPSA) is 91.1 Å². The fraction of sp³-hybridized carbons (Fsp3) is 0.333. The van der Waals surface area contributed by atoms with E-state index in [4.69, 9.17) is 17.3 Å². The molecule has 0 atom stereocenters. The number of aromatic nitrogens is 5. The Morgan fingerprint density at radius 1 is 1.57 bits per heavy atom. The van der Waals surface area contributed by atoms with E-state index in [9.17, 15) is 4.79 Å². The van der Waals surface area contributed by atoms with Crippen LogP contribution in [0.15, 0.2) is 11.1 Å². The second-order valence-corrected chi connectivity index (χ2v) is 2.82. The van der Waals surface area contributed by atoms with Crippen molar-refractivity contribution in [2.45, 2.75) is 12.5 Å². The summed E-state index contributed by atoms with van der Waals surface area (Å²) >= 11 is 5.48. The third kappa shape index (κ3) is 1.17. The van der Waals surface area contributed by atoms with Gasteiger partial charge in [-0.3, -0.25) is 0 Å². The molecule has 74 valence electrons. The summed E-state index contributed by atoms with van der Waals surface area (Å²) in [4.78, 5) is 15.5. The van der Waals surface area contributed by atoms with Crippen LogP contribution < -0.4 is 11.4 Å². The summed E-state index contributed by atoms with van der Waals surface area (Å²) in [5, 5.41) is 7.40. The first-order valence-electron chi connectivity index (χ1n) is 3.83. The van der Waals surface area contributed by atoms with Crippen LogP contribution in [0.1, 0.15) is 5.69 Å². The third-order valence-corrected chi connectivity index (χ3v) is 2.02. The van der Waals surface area contributed by atoms with E-state index >= 15 is 0 Å². The summed E-state index contributed by atoms with van der Waals surface area (Å²) in [6.07, 6.45) is 1.36. The molecule has 0 aliphatic carbocycles. The summed E-state index contributed by atoms with van der Waals surface area (Å²) in [5.74, 6) is 0. The van der Waals surface area contributed by atoms with Gasteiger partial charge in [-0.15, -0.1) is 16.7 Å². The highest BCUT2D eigenvalue weighted by molar-refractivity contribution is 6.15. The van der Waals surface area contributed by atoms with Crippen LogP contribution >= 0.6 is 11.6 Å². The number of halogens is 1. The van der Waals surface area contributed by atoms with Crippen LogP contribution in [0.3, 0.4) is 0 Å². The number of rotatable bonds is 2. The maximum Gasteiger partial charge on any atom is 0.354 e. The Kier molecular flexibility index (Phi) is 2.18. The largest absolute Gasteiger partial charge is 0.354 e. The van der Waals surface area contributed by atoms with Crippen molar-refractivity contribution in [3.63, 3.8) is 0 Å². The van der Waals surface area contributed by atoms with Crippen molar-refractivity contribution in [1.29, 1.82) is 0 Å². The minimum Gasteiger partial charge on any atom is -0.325 e. The minimum atomic E-state index is -0.378. The van der Waals surface area contributed by atoms with Crippen molar-refractivity contribution < 1.29 is 0 Å². The zero-order valence-electron chi connectivity index (χ0n) is 7.09. The van der Waals surface area contributed by atoms with Crippen molar-refractivity contribution in [2.24, 2.45) is 5.73 Å². The van der Waals surface area contributed by atoms with Crippen LogP contribution in [0.5, 0.6) is 0 Å². The molecule has 0 amide bonds. The van der Waals surface area contributed by atoms with E-state index in [-0.39, 0.29) is 18.2 Å². The molecular weight excluding hydrogens is 208 g/mol. The number of imidazole rings is 1. The number of nitrogens with zero attached hydrogens (tertiary/aromatic N) is 5. The van der Waals surface area contributed by atoms with Gasteiger partial charge >= 0.3 is 5.69 Å². The zero-order valence-corrected chi connectivity index (χ0v) is 7.85. The first-order chi connectivity index (χ1) is 6.77. The van der Waals surface area contributed by atoms with Gasteiger partial charge in [-0.2, -0.15) is 4.68 Å². The molecule has 0 saturated carbocycles. The van der Waals surface area contributed by atoms with Gasteiger partial charge in [-0.1, -0.05) is 5.21 Å². The Hall–Kier alpha value is -1.47. The lowest BCUT2D eigenvalue weighted by Crippen LogP contribution is -2.28. The van der Waals surface area contributed by atoms with Gasteiger partial charge in [0.25, 0.3) is 0 Å². The highest BCUT2D eigenvalue weighted by Crippen LogP contribution is 2.00. The molecule has 0 radical (unpaired) electrons. The monoisotopic (exact) mass is 214 g/mol. The normalized spacial score (nSPS) is 11.0. The Morgan fingerprint density at radius 3 is 3.00 bits per heavy atom. The Bertz CT molecular complexity index is 517. The van der Waals surface area contributed by atoms with E-state index < -0.39 is 0 Å². The summed E-state index contributed by atoms with van der Waals surface area (Å²) in [6.45, 7) is 0.218. The van der Waals surface area contributed by atoms with Gasteiger partial charge in [0.2, 0.25) is 0 Å². The summed E-state index contributed by atoms with van der Waals surface area (Å²) in [6, 6.07) is -0.0437. The molecule has 0 aromatic carbocycles. The first kappa shape index (κ1) is 9.10. The Morgan fingerprint density at radius 2 is 2.36 bits per heavy atom. The summed E-state index contributed by atoms with van der Waals surface area (Å²) < 4.78 is 2.29. The van der Waals surface area contributed by atoms with Gasteiger partial charge in [0, 0.05) is 6.54 Å².